The Morgan fingerprint density at radius 3 is 2.28 bits per heavy atom. The molecular formula is C48H77N7O9S. The molecule has 1 fully saturated rings. The minimum Gasteiger partial charge on any atom is -0.481 e. The third kappa shape index (κ3) is 16.4. The molecule has 0 bridgehead atoms. The van der Waals surface area contributed by atoms with Gasteiger partial charge in [0, 0.05) is 49.6 Å². The molecular weight excluding hydrogens is 851 g/mol. The Balaban J connectivity index is 1.95. The number of unbranched alkanes of at least 4 members (excludes halogenated alkanes) is 3. The van der Waals surface area contributed by atoms with Gasteiger partial charge in [-0.2, -0.15) is 0 Å². The number of aliphatic hydroxyl groups is 1. The van der Waals surface area contributed by atoms with Gasteiger partial charge in [-0.05, 0) is 89.1 Å². The Morgan fingerprint density at radius 2 is 1.71 bits per heavy atom. The molecule has 1 saturated heterocycles. The number of hydrogen-bond acceptors (Lipinski definition) is 12. The van der Waals surface area contributed by atoms with Crippen molar-refractivity contribution in [3.05, 3.63) is 45.9 Å². The molecule has 6 N–H and O–H groups in total. The summed E-state index contributed by atoms with van der Waals surface area (Å²) < 4.78 is 5.94. The highest BCUT2D eigenvalue weighted by atomic mass is 32.1. The number of hydrogen-bond donors (Lipinski definition) is 5. The SMILES string of the molecule is CCCCCCN(C(=O)[C@@H](NC(=O)[C@H]1CCCCN1C)[C@@H](C)CC)[C@H](C[C@@H](OC(C)=O)c1nc(C(=O)N[C@@H](Cc2ccc(N(CCO)C(=O)CN)cc2)CC(C)(C)C(=O)O)cs1)C(C)C. The summed E-state index contributed by atoms with van der Waals surface area (Å²) in [7, 11) is 1.95. The summed E-state index contributed by atoms with van der Waals surface area (Å²) in [5.74, 6) is -3.01. The van der Waals surface area contributed by atoms with Gasteiger partial charge in [-0.25, -0.2) is 4.98 Å². The third-order valence-corrected chi connectivity index (χ3v) is 13.5. The van der Waals surface area contributed by atoms with Gasteiger partial charge in [0.25, 0.3) is 5.91 Å². The van der Waals surface area contributed by atoms with Crippen molar-refractivity contribution < 1.29 is 43.7 Å². The van der Waals surface area contributed by atoms with Crippen molar-refractivity contribution in [1.29, 1.82) is 0 Å². The van der Waals surface area contributed by atoms with Crippen molar-refractivity contribution in [2.75, 3.05) is 44.7 Å². The van der Waals surface area contributed by atoms with Gasteiger partial charge in [0.2, 0.25) is 17.7 Å². The molecule has 2 heterocycles. The first kappa shape index (κ1) is 54.9. The normalized spacial score (nSPS) is 16.8. The van der Waals surface area contributed by atoms with Crippen molar-refractivity contribution in [2.45, 2.75) is 156 Å². The summed E-state index contributed by atoms with van der Waals surface area (Å²) in [5, 5.41) is 27.6. The van der Waals surface area contributed by atoms with Gasteiger partial charge in [-0.15, -0.1) is 11.3 Å². The number of aromatic nitrogens is 1. The Bertz CT molecular complexity index is 1860. The quantitative estimate of drug-likeness (QED) is 0.0537. The second kappa shape index (κ2) is 26.6. The number of carboxylic acids is 1. The minimum absolute atomic E-state index is 0.0661. The minimum atomic E-state index is -1.20. The molecule has 1 aliphatic heterocycles. The number of likely N-dealkylation sites (N-methyl/N-ethyl adjacent to an activating group) is 1. The third-order valence-electron chi connectivity index (χ3n) is 12.5. The lowest BCUT2D eigenvalue weighted by Gasteiger charge is -2.40. The second-order valence-electron chi connectivity index (χ2n) is 18.6. The van der Waals surface area contributed by atoms with E-state index >= 15 is 0 Å². The first-order chi connectivity index (χ1) is 30.8. The van der Waals surface area contributed by atoms with E-state index < -0.39 is 47.5 Å². The largest absolute Gasteiger partial charge is 0.481 e. The first-order valence-corrected chi connectivity index (χ1v) is 24.3. The number of aliphatic carboxylic acids is 1. The zero-order valence-corrected chi connectivity index (χ0v) is 41.1. The molecule has 1 aliphatic rings. The number of piperidine rings is 1. The number of ether oxygens (including phenoxy) is 1. The Hall–Kier alpha value is -4.45. The zero-order chi connectivity index (χ0) is 48.4. The van der Waals surface area contributed by atoms with Crippen LogP contribution in [-0.2, 0) is 35.1 Å². The number of likely N-dealkylation sites (tertiary alicyclic amines) is 1. The van der Waals surface area contributed by atoms with E-state index in [1.165, 1.54) is 11.8 Å². The maximum Gasteiger partial charge on any atom is 0.309 e. The van der Waals surface area contributed by atoms with Crippen molar-refractivity contribution in [3.8, 4) is 0 Å². The monoisotopic (exact) mass is 928 g/mol. The number of carbonyl (C=O) groups excluding carboxylic acids is 5. The van der Waals surface area contributed by atoms with Gasteiger partial charge >= 0.3 is 11.9 Å². The highest BCUT2D eigenvalue weighted by Gasteiger charge is 2.39. The van der Waals surface area contributed by atoms with E-state index in [4.69, 9.17) is 10.5 Å². The molecule has 3 rings (SSSR count). The van der Waals surface area contributed by atoms with Gasteiger partial charge in [-0.3, -0.25) is 33.7 Å². The molecule has 0 saturated carbocycles. The molecule has 0 spiro atoms. The number of thiazole rings is 1. The van der Waals surface area contributed by atoms with Crippen LogP contribution in [0.4, 0.5) is 5.69 Å². The van der Waals surface area contributed by atoms with Gasteiger partial charge in [0.05, 0.1) is 24.6 Å². The number of carboxylic acid groups (broad SMARTS) is 1. The van der Waals surface area contributed by atoms with Gasteiger partial charge in [-0.1, -0.05) is 78.9 Å². The number of amides is 4. The van der Waals surface area contributed by atoms with Gasteiger partial charge < -0.3 is 41.1 Å². The molecule has 4 amide bonds. The molecule has 1 aromatic carbocycles. The summed E-state index contributed by atoms with van der Waals surface area (Å²) in [6, 6.07) is 4.84. The van der Waals surface area contributed by atoms with E-state index in [-0.39, 0.29) is 80.3 Å². The number of esters is 1. The van der Waals surface area contributed by atoms with E-state index in [2.05, 4.69) is 27.4 Å². The summed E-state index contributed by atoms with van der Waals surface area (Å²) in [6.07, 6.45) is 6.74. The van der Waals surface area contributed by atoms with Crippen LogP contribution in [0.1, 0.15) is 147 Å². The number of carbonyl (C=O) groups is 6. The number of aliphatic hydroxyl groups excluding tert-OH is 1. The van der Waals surface area contributed by atoms with Crippen LogP contribution in [-0.4, -0.2) is 125 Å². The van der Waals surface area contributed by atoms with Crippen molar-refractivity contribution in [3.63, 3.8) is 0 Å². The van der Waals surface area contributed by atoms with E-state index in [0.717, 1.165) is 68.4 Å². The second-order valence-corrected chi connectivity index (χ2v) is 19.5. The Kier molecular flexibility index (Phi) is 22.5. The van der Waals surface area contributed by atoms with E-state index in [9.17, 15) is 39.0 Å². The lowest BCUT2D eigenvalue weighted by Crippen LogP contribution is -2.59. The number of anilines is 1. The first-order valence-electron chi connectivity index (χ1n) is 23.5. The Morgan fingerprint density at radius 1 is 1.02 bits per heavy atom. The highest BCUT2D eigenvalue weighted by molar-refractivity contribution is 7.09. The molecule has 0 unspecified atom stereocenters. The molecule has 2 aromatic rings. The van der Waals surface area contributed by atoms with Crippen LogP contribution in [0.5, 0.6) is 0 Å². The Labute approximate surface area is 390 Å². The molecule has 17 heteroatoms. The zero-order valence-electron chi connectivity index (χ0n) is 40.3. The number of nitrogens with zero attached hydrogens (tertiary/aromatic N) is 4. The van der Waals surface area contributed by atoms with Crippen LogP contribution in [0, 0.1) is 17.3 Å². The summed E-state index contributed by atoms with van der Waals surface area (Å²) in [6.45, 7) is 15.5. The van der Waals surface area contributed by atoms with Crippen LogP contribution in [0.25, 0.3) is 0 Å². The molecule has 1 aromatic heterocycles. The van der Waals surface area contributed by atoms with Crippen molar-refractivity contribution >= 4 is 52.6 Å². The molecule has 16 nitrogen and oxygen atoms in total. The predicted molar refractivity (Wildman–Crippen MR) is 253 cm³/mol. The van der Waals surface area contributed by atoms with E-state index in [1.54, 1.807) is 43.5 Å². The van der Waals surface area contributed by atoms with Crippen LogP contribution >= 0.6 is 11.3 Å². The summed E-state index contributed by atoms with van der Waals surface area (Å²) in [5.41, 5.74) is 5.75. The average Bonchev–Trinajstić information content (AvgIpc) is 3.76. The number of benzene rings is 1. The standard InChI is InChI=1S/C48H77N7O9S/c1-10-12-13-15-23-55(46(61)42(32(5)11-2)52-44(60)38-17-14-16-22-53(38)9)39(31(3)4)27-40(64-33(6)57)45-51-37(30-65-45)43(59)50-35(28-48(7,8)47(62)63)26-34-18-20-36(21-19-34)54(24-25-56)41(58)29-49/h18-21,30-32,35,38-40,42,56H,10-17,22-29,49H2,1-9H3,(H,50,59)(H,52,60)(H,62,63)/t32-,35-,38+,39+,40+,42-/m0/s1. The van der Waals surface area contributed by atoms with Gasteiger partial charge in [0.15, 0.2) is 6.10 Å². The lowest BCUT2D eigenvalue weighted by molar-refractivity contribution is -0.150. The van der Waals surface area contributed by atoms with Crippen molar-refractivity contribution in [1.82, 2.24) is 25.4 Å². The van der Waals surface area contributed by atoms with E-state index in [1.807, 2.05) is 39.6 Å². The topological polar surface area (TPSA) is 225 Å². The van der Waals surface area contributed by atoms with E-state index in [0.29, 0.717) is 23.7 Å². The fourth-order valence-corrected chi connectivity index (χ4v) is 9.26. The smallest absolute Gasteiger partial charge is 0.309 e. The predicted octanol–water partition coefficient (Wildman–Crippen LogP) is 5.71. The maximum atomic E-state index is 14.9. The highest BCUT2D eigenvalue weighted by Crippen LogP contribution is 2.33. The molecule has 0 radical (unpaired) electrons. The molecule has 6 atom stereocenters. The van der Waals surface area contributed by atoms with Crippen LogP contribution in [0.15, 0.2) is 29.6 Å². The summed E-state index contributed by atoms with van der Waals surface area (Å²) in [4.78, 5) is 90.1. The molecule has 65 heavy (non-hydrogen) atoms. The van der Waals surface area contributed by atoms with Gasteiger partial charge in [0.1, 0.15) is 16.7 Å². The fraction of sp³-hybridized carbons (Fsp3) is 0.688. The molecule has 364 valence electrons. The fourth-order valence-electron chi connectivity index (χ4n) is 8.43. The maximum absolute atomic E-state index is 14.9. The summed E-state index contributed by atoms with van der Waals surface area (Å²) >= 11 is 1.16. The lowest BCUT2D eigenvalue weighted by atomic mass is 9.84. The number of nitrogens with two attached hydrogens (primary N) is 1. The van der Waals surface area contributed by atoms with Crippen LogP contribution < -0.4 is 21.3 Å². The molecule has 0 aliphatic carbocycles. The number of nitrogens with one attached hydrogen (secondary N) is 2. The van der Waals surface area contributed by atoms with Crippen LogP contribution in [0.2, 0.25) is 0 Å². The number of rotatable bonds is 27. The van der Waals surface area contributed by atoms with Crippen molar-refractivity contribution in [2.24, 2.45) is 23.0 Å². The average molecular weight is 928 g/mol. The van der Waals surface area contributed by atoms with Crippen LogP contribution in [0.3, 0.4) is 0 Å².